The van der Waals surface area contributed by atoms with Crippen LogP contribution in [0.25, 0.3) is 0 Å². The average molecular weight is 434 g/mol. The van der Waals surface area contributed by atoms with Crippen molar-refractivity contribution in [3.8, 4) is 0 Å². The average Bonchev–Trinajstić information content (AvgIpc) is 3.22. The second-order valence-corrected chi connectivity index (χ2v) is 11.1. The number of ether oxygens (including phenoxy) is 1. The molecule has 3 rings (SSSR count). The fourth-order valence-electron chi connectivity index (χ4n) is 3.99. The minimum absolute atomic E-state index is 0.111. The fourth-order valence-corrected chi connectivity index (χ4v) is 6.48. The smallest absolute Gasteiger partial charge is 0.215 e. The van der Waals surface area contributed by atoms with Crippen molar-refractivity contribution in [2.45, 2.75) is 25.3 Å². The van der Waals surface area contributed by atoms with Gasteiger partial charge in [0.25, 0.3) is 0 Å². The number of likely N-dealkylation sites (tertiary alicyclic amines) is 1. The third-order valence-electron chi connectivity index (χ3n) is 5.71. The molecule has 1 unspecified atom stereocenters. The Morgan fingerprint density at radius 2 is 1.93 bits per heavy atom. The molecule has 0 amide bonds. The number of piperidine rings is 1. The van der Waals surface area contributed by atoms with Crippen LogP contribution in [-0.2, 0) is 14.8 Å². The first-order valence-electron chi connectivity index (χ1n) is 10.4. The molecule has 0 aromatic heterocycles. The summed E-state index contributed by atoms with van der Waals surface area (Å²) in [6, 6.07) is 0.387. The van der Waals surface area contributed by atoms with Gasteiger partial charge in [-0.1, -0.05) is 0 Å². The van der Waals surface area contributed by atoms with E-state index < -0.39 is 10.0 Å². The summed E-state index contributed by atoms with van der Waals surface area (Å²) in [7, 11) is -1.44. The molecular weight excluding hydrogens is 398 g/mol. The van der Waals surface area contributed by atoms with E-state index in [9.17, 15) is 8.42 Å². The number of aliphatic imine (C=N–C) groups is 1. The number of nitrogens with one attached hydrogen (secondary N) is 2. The van der Waals surface area contributed by atoms with Gasteiger partial charge in [0.2, 0.25) is 10.0 Å². The zero-order valence-electron chi connectivity index (χ0n) is 16.9. The quantitative estimate of drug-likeness (QED) is 0.433. The molecule has 0 radical (unpaired) electrons. The van der Waals surface area contributed by atoms with Gasteiger partial charge in [0.15, 0.2) is 5.96 Å². The predicted molar refractivity (Wildman–Crippen MR) is 116 cm³/mol. The lowest BCUT2D eigenvalue weighted by molar-refractivity contribution is 0.150. The second-order valence-electron chi connectivity index (χ2n) is 7.78. The van der Waals surface area contributed by atoms with Gasteiger partial charge in [-0.2, -0.15) is 11.8 Å². The van der Waals surface area contributed by atoms with Crippen LogP contribution in [0.4, 0.5) is 0 Å². The van der Waals surface area contributed by atoms with Crippen LogP contribution in [-0.4, -0.2) is 106 Å². The van der Waals surface area contributed by atoms with Crippen molar-refractivity contribution in [1.82, 2.24) is 19.8 Å². The van der Waals surface area contributed by atoms with Gasteiger partial charge in [0.05, 0.1) is 12.4 Å². The first kappa shape index (κ1) is 22.1. The van der Waals surface area contributed by atoms with Gasteiger partial charge in [-0.3, -0.25) is 4.99 Å². The summed E-state index contributed by atoms with van der Waals surface area (Å²) < 4.78 is 31.9. The first-order chi connectivity index (χ1) is 13.6. The summed E-state index contributed by atoms with van der Waals surface area (Å²) in [5, 5.41) is 6.64. The molecule has 0 aliphatic carbocycles. The van der Waals surface area contributed by atoms with Crippen molar-refractivity contribution in [2.24, 2.45) is 10.9 Å². The van der Waals surface area contributed by atoms with Crippen LogP contribution < -0.4 is 10.6 Å². The minimum Gasteiger partial charge on any atom is -0.381 e. The Bertz CT molecular complexity index is 596. The highest BCUT2D eigenvalue weighted by atomic mass is 32.2. The molecule has 0 aromatic carbocycles. The summed E-state index contributed by atoms with van der Waals surface area (Å²) in [5.74, 6) is 3.29. The largest absolute Gasteiger partial charge is 0.381 e. The van der Waals surface area contributed by atoms with E-state index in [4.69, 9.17) is 4.74 Å². The Balaban J connectivity index is 1.34. The molecule has 162 valence electrons. The van der Waals surface area contributed by atoms with E-state index in [-0.39, 0.29) is 5.75 Å². The van der Waals surface area contributed by atoms with E-state index in [0.29, 0.717) is 37.6 Å². The molecule has 0 spiro atoms. The normalized spacial score (nSPS) is 26.5. The molecular formula is C18H35N5O3S2. The molecule has 3 fully saturated rings. The zero-order valence-corrected chi connectivity index (χ0v) is 18.6. The van der Waals surface area contributed by atoms with E-state index in [0.717, 1.165) is 57.2 Å². The Kier molecular flexibility index (Phi) is 8.71. The van der Waals surface area contributed by atoms with Crippen LogP contribution in [0.15, 0.2) is 4.99 Å². The van der Waals surface area contributed by atoms with Crippen molar-refractivity contribution < 1.29 is 13.2 Å². The number of guanidine groups is 1. The zero-order chi connectivity index (χ0) is 19.8. The number of hydrogen-bond donors (Lipinski definition) is 2. The number of thioether (sulfide) groups is 1. The van der Waals surface area contributed by atoms with Gasteiger partial charge in [-0.05, 0) is 25.2 Å². The standard InChI is InChI=1S/C18H35N5O3S2/c1-19-18(20-5-13-28(24,25)23-8-11-27-12-9-23)21-17-2-6-22(7-3-17)14-16-4-10-26-15-16/h16-17H,2-15H2,1H3,(H2,19,20,21). The van der Waals surface area contributed by atoms with E-state index in [1.165, 1.54) is 6.42 Å². The van der Waals surface area contributed by atoms with E-state index in [2.05, 4.69) is 20.5 Å². The number of sulfonamides is 1. The Labute approximate surface area is 173 Å². The van der Waals surface area contributed by atoms with Crippen LogP contribution >= 0.6 is 11.8 Å². The molecule has 3 aliphatic heterocycles. The minimum atomic E-state index is -3.18. The van der Waals surface area contributed by atoms with E-state index >= 15 is 0 Å². The van der Waals surface area contributed by atoms with Crippen LogP contribution in [0, 0.1) is 5.92 Å². The van der Waals surface area contributed by atoms with E-state index in [1.54, 1.807) is 11.4 Å². The molecule has 3 aliphatic rings. The topological polar surface area (TPSA) is 86.3 Å². The number of nitrogens with zero attached hydrogens (tertiary/aromatic N) is 3. The highest BCUT2D eigenvalue weighted by Crippen LogP contribution is 2.17. The Hall–Kier alpha value is -0.550. The van der Waals surface area contributed by atoms with Gasteiger partial charge in [0, 0.05) is 70.5 Å². The van der Waals surface area contributed by atoms with Gasteiger partial charge in [-0.15, -0.1) is 0 Å². The van der Waals surface area contributed by atoms with Crippen molar-refractivity contribution in [1.29, 1.82) is 0 Å². The fraction of sp³-hybridized carbons (Fsp3) is 0.944. The monoisotopic (exact) mass is 433 g/mol. The summed E-state index contributed by atoms with van der Waals surface area (Å²) in [6.45, 7) is 6.79. The Morgan fingerprint density at radius 1 is 1.18 bits per heavy atom. The maximum Gasteiger partial charge on any atom is 0.215 e. The summed E-state index contributed by atoms with van der Waals surface area (Å²) in [4.78, 5) is 6.81. The van der Waals surface area contributed by atoms with Gasteiger partial charge >= 0.3 is 0 Å². The van der Waals surface area contributed by atoms with E-state index in [1.807, 2.05) is 11.8 Å². The number of hydrogen-bond acceptors (Lipinski definition) is 6. The van der Waals surface area contributed by atoms with Crippen LogP contribution in [0.2, 0.25) is 0 Å². The number of rotatable bonds is 7. The lowest BCUT2D eigenvalue weighted by Gasteiger charge is -2.34. The van der Waals surface area contributed by atoms with Crippen molar-refractivity contribution in [3.63, 3.8) is 0 Å². The van der Waals surface area contributed by atoms with Crippen molar-refractivity contribution in [2.75, 3.05) is 76.8 Å². The third kappa shape index (κ3) is 6.76. The van der Waals surface area contributed by atoms with Crippen LogP contribution in [0.3, 0.4) is 0 Å². The second kappa shape index (κ2) is 11.0. The summed E-state index contributed by atoms with van der Waals surface area (Å²) >= 11 is 1.81. The lowest BCUT2D eigenvalue weighted by Crippen LogP contribution is -2.50. The maximum absolute atomic E-state index is 12.4. The molecule has 1 atom stereocenters. The highest BCUT2D eigenvalue weighted by molar-refractivity contribution is 7.99. The van der Waals surface area contributed by atoms with Crippen molar-refractivity contribution in [3.05, 3.63) is 0 Å². The Morgan fingerprint density at radius 3 is 2.57 bits per heavy atom. The van der Waals surface area contributed by atoms with Gasteiger partial charge in [-0.25, -0.2) is 12.7 Å². The van der Waals surface area contributed by atoms with Crippen LogP contribution in [0.1, 0.15) is 19.3 Å². The van der Waals surface area contributed by atoms with Crippen molar-refractivity contribution >= 4 is 27.7 Å². The van der Waals surface area contributed by atoms with Gasteiger partial charge in [0.1, 0.15) is 0 Å². The summed E-state index contributed by atoms with van der Waals surface area (Å²) in [6.07, 6.45) is 3.35. The molecule has 0 bridgehead atoms. The molecule has 10 heteroatoms. The SMILES string of the molecule is CN=C(NCCS(=O)(=O)N1CCSCC1)NC1CCN(CC2CCOC2)CC1. The third-order valence-corrected chi connectivity index (χ3v) is 8.52. The molecule has 8 nitrogen and oxygen atoms in total. The first-order valence-corrected chi connectivity index (χ1v) is 13.2. The molecule has 2 N–H and O–H groups in total. The molecule has 3 heterocycles. The van der Waals surface area contributed by atoms with Crippen LogP contribution in [0.5, 0.6) is 0 Å². The lowest BCUT2D eigenvalue weighted by atomic mass is 10.0. The molecule has 28 heavy (non-hydrogen) atoms. The predicted octanol–water partition coefficient (Wildman–Crippen LogP) is 0.0309. The molecule has 0 saturated carbocycles. The highest BCUT2D eigenvalue weighted by Gasteiger charge is 2.25. The molecule has 3 saturated heterocycles. The summed E-state index contributed by atoms with van der Waals surface area (Å²) in [5.41, 5.74) is 0. The van der Waals surface area contributed by atoms with Gasteiger partial charge < -0.3 is 20.3 Å². The maximum atomic E-state index is 12.4. The molecule has 0 aromatic rings.